The number of halogens is 2. The molecule has 5 nitrogen and oxygen atoms in total. The average molecular weight is 323 g/mol. The smallest absolute Gasteiger partial charge is 0.330 e. The van der Waals surface area contributed by atoms with E-state index in [0.717, 1.165) is 0 Å². The number of amides is 1. The third kappa shape index (κ3) is 2.57. The minimum atomic E-state index is -1.20. The maximum absolute atomic E-state index is 12.2. The molecule has 1 aromatic heterocycles. The van der Waals surface area contributed by atoms with Crippen molar-refractivity contribution in [3.8, 4) is 0 Å². The fourth-order valence-corrected chi connectivity index (χ4v) is 3.63. The Hall–Kier alpha value is -0.850. The van der Waals surface area contributed by atoms with Crippen molar-refractivity contribution in [2.75, 3.05) is 11.5 Å². The summed E-state index contributed by atoms with van der Waals surface area (Å²) in [5.74, 6) is -0.431. The lowest BCUT2D eigenvalue weighted by Crippen LogP contribution is -2.55. The van der Waals surface area contributed by atoms with Crippen molar-refractivity contribution in [2.45, 2.75) is 12.0 Å². The summed E-state index contributed by atoms with van der Waals surface area (Å²) in [6.07, 6.45) is 0.407. The molecule has 0 saturated carbocycles. The molecule has 2 N–H and O–H groups in total. The van der Waals surface area contributed by atoms with E-state index in [0.29, 0.717) is 17.9 Å². The number of carboxylic acid groups (broad SMARTS) is 1. The number of hydrogen-bond donors (Lipinski definition) is 2. The monoisotopic (exact) mass is 322 g/mol. The lowest BCUT2D eigenvalue weighted by Gasteiger charge is -2.24. The average Bonchev–Trinajstić information content (AvgIpc) is 2.91. The van der Waals surface area contributed by atoms with Gasteiger partial charge >= 0.3 is 5.97 Å². The van der Waals surface area contributed by atoms with Gasteiger partial charge in [-0.15, -0.1) is 0 Å². The Morgan fingerprint density at radius 1 is 1.53 bits per heavy atom. The standard InChI is InChI=1S/C11H12Cl2N2O3S/c1-15-7(4-6(12)8(15)13)9(16)14-11(10(17)18)2-3-19-5-11/h4H,2-3,5H2,1H3,(H,14,16)(H,17,18). The van der Waals surface area contributed by atoms with Gasteiger partial charge in [-0.3, -0.25) is 4.79 Å². The minimum Gasteiger partial charge on any atom is -0.479 e. The van der Waals surface area contributed by atoms with Gasteiger partial charge in [0, 0.05) is 12.8 Å². The summed E-state index contributed by atoms with van der Waals surface area (Å²) in [5, 5.41) is 12.4. The minimum absolute atomic E-state index is 0.243. The second-order valence-electron chi connectivity index (χ2n) is 4.37. The number of carbonyl (C=O) groups excluding carboxylic acids is 1. The topological polar surface area (TPSA) is 71.3 Å². The molecule has 0 radical (unpaired) electrons. The van der Waals surface area contributed by atoms with Gasteiger partial charge < -0.3 is 15.0 Å². The lowest BCUT2D eigenvalue weighted by atomic mass is 9.99. The van der Waals surface area contributed by atoms with Crippen molar-refractivity contribution in [1.82, 2.24) is 9.88 Å². The normalized spacial score (nSPS) is 22.5. The van der Waals surface area contributed by atoms with E-state index in [1.54, 1.807) is 7.05 Å². The molecule has 1 saturated heterocycles. The van der Waals surface area contributed by atoms with Crippen LogP contribution in [0.4, 0.5) is 0 Å². The third-order valence-corrected chi connectivity index (χ3v) is 5.16. The summed E-state index contributed by atoms with van der Waals surface area (Å²) in [6, 6.07) is 1.43. The Morgan fingerprint density at radius 3 is 2.63 bits per heavy atom. The van der Waals surface area contributed by atoms with E-state index in [-0.39, 0.29) is 15.9 Å². The molecule has 104 valence electrons. The van der Waals surface area contributed by atoms with Crippen LogP contribution in [0.25, 0.3) is 0 Å². The molecule has 0 aromatic carbocycles. The molecule has 1 aliphatic rings. The summed E-state index contributed by atoms with van der Waals surface area (Å²) < 4.78 is 1.43. The highest BCUT2D eigenvalue weighted by Gasteiger charge is 2.43. The van der Waals surface area contributed by atoms with Crippen molar-refractivity contribution >= 4 is 46.8 Å². The van der Waals surface area contributed by atoms with Gasteiger partial charge in [-0.1, -0.05) is 23.2 Å². The molecule has 1 fully saturated rings. The summed E-state index contributed by atoms with van der Waals surface area (Å²) in [7, 11) is 1.60. The van der Waals surface area contributed by atoms with Gasteiger partial charge in [0.2, 0.25) is 0 Å². The van der Waals surface area contributed by atoms with Crippen LogP contribution in [0, 0.1) is 0 Å². The Morgan fingerprint density at radius 2 is 2.21 bits per heavy atom. The van der Waals surface area contributed by atoms with E-state index in [9.17, 15) is 14.7 Å². The number of aliphatic carboxylic acids is 1. The van der Waals surface area contributed by atoms with Crippen molar-refractivity contribution in [2.24, 2.45) is 7.05 Å². The maximum atomic E-state index is 12.2. The van der Waals surface area contributed by atoms with Gasteiger partial charge in [0.15, 0.2) is 0 Å². The van der Waals surface area contributed by atoms with Crippen molar-refractivity contribution < 1.29 is 14.7 Å². The highest BCUT2D eigenvalue weighted by molar-refractivity contribution is 7.99. The number of nitrogens with one attached hydrogen (secondary N) is 1. The van der Waals surface area contributed by atoms with Crippen LogP contribution in [-0.2, 0) is 11.8 Å². The van der Waals surface area contributed by atoms with Crippen molar-refractivity contribution in [3.63, 3.8) is 0 Å². The Balaban J connectivity index is 2.25. The fraction of sp³-hybridized carbons (Fsp3) is 0.455. The molecule has 1 aromatic rings. The van der Waals surface area contributed by atoms with Gasteiger partial charge in [0.25, 0.3) is 5.91 Å². The molecule has 2 rings (SSSR count). The number of aromatic nitrogens is 1. The number of carbonyl (C=O) groups is 2. The fourth-order valence-electron chi connectivity index (χ4n) is 1.93. The SMILES string of the molecule is Cn1c(C(=O)NC2(C(=O)O)CCSC2)cc(Cl)c1Cl. The Kier molecular flexibility index (Phi) is 4.03. The van der Waals surface area contributed by atoms with Gasteiger partial charge in [0.05, 0.1) is 5.02 Å². The van der Waals surface area contributed by atoms with Crippen LogP contribution in [0.1, 0.15) is 16.9 Å². The summed E-state index contributed by atoms with van der Waals surface area (Å²) in [5.41, 5.74) is -0.960. The van der Waals surface area contributed by atoms with Crippen LogP contribution >= 0.6 is 35.0 Å². The first-order chi connectivity index (χ1) is 8.87. The lowest BCUT2D eigenvalue weighted by molar-refractivity contribution is -0.143. The quantitative estimate of drug-likeness (QED) is 0.893. The molecular formula is C11H12Cl2N2O3S. The number of nitrogens with zero attached hydrogens (tertiary/aromatic N) is 1. The van der Waals surface area contributed by atoms with E-state index in [4.69, 9.17) is 23.2 Å². The van der Waals surface area contributed by atoms with E-state index >= 15 is 0 Å². The van der Waals surface area contributed by atoms with Crippen LogP contribution in [0.15, 0.2) is 6.07 Å². The summed E-state index contributed by atoms with van der Waals surface area (Å²) >= 11 is 13.2. The van der Waals surface area contributed by atoms with Gasteiger partial charge in [-0.05, 0) is 18.2 Å². The predicted molar refractivity (Wildman–Crippen MR) is 75.2 cm³/mol. The van der Waals surface area contributed by atoms with E-state index < -0.39 is 17.4 Å². The molecule has 0 spiro atoms. The van der Waals surface area contributed by atoms with Crippen molar-refractivity contribution in [3.05, 3.63) is 21.9 Å². The Bertz CT molecular complexity index is 538. The highest BCUT2D eigenvalue weighted by Crippen LogP contribution is 2.30. The highest BCUT2D eigenvalue weighted by atomic mass is 35.5. The zero-order valence-corrected chi connectivity index (χ0v) is 12.4. The molecular weight excluding hydrogens is 311 g/mol. The first-order valence-corrected chi connectivity index (χ1v) is 7.43. The molecule has 2 heterocycles. The molecule has 0 bridgehead atoms. The first kappa shape index (κ1) is 14.6. The zero-order valence-electron chi connectivity index (χ0n) is 10.1. The van der Waals surface area contributed by atoms with E-state index in [1.807, 2.05) is 0 Å². The zero-order chi connectivity index (χ0) is 14.2. The predicted octanol–water partition coefficient (Wildman–Crippen LogP) is 2.02. The third-order valence-electron chi connectivity index (χ3n) is 3.13. The first-order valence-electron chi connectivity index (χ1n) is 5.52. The second-order valence-corrected chi connectivity index (χ2v) is 6.24. The van der Waals surface area contributed by atoms with Gasteiger partial charge in [-0.25, -0.2) is 4.79 Å². The number of rotatable bonds is 3. The molecule has 1 unspecified atom stereocenters. The van der Waals surface area contributed by atoms with Crippen LogP contribution < -0.4 is 5.32 Å². The van der Waals surface area contributed by atoms with Crippen LogP contribution in [-0.4, -0.2) is 38.6 Å². The van der Waals surface area contributed by atoms with Crippen LogP contribution in [0.5, 0.6) is 0 Å². The van der Waals surface area contributed by atoms with E-state index in [2.05, 4.69) is 5.32 Å². The molecule has 1 atom stereocenters. The molecule has 1 amide bonds. The summed E-state index contributed by atoms with van der Waals surface area (Å²) in [4.78, 5) is 23.5. The maximum Gasteiger partial charge on any atom is 0.330 e. The van der Waals surface area contributed by atoms with Crippen LogP contribution in [0.3, 0.4) is 0 Å². The molecule has 1 aliphatic heterocycles. The van der Waals surface area contributed by atoms with E-state index in [1.165, 1.54) is 22.4 Å². The summed E-state index contributed by atoms with van der Waals surface area (Å²) in [6.45, 7) is 0. The number of carboxylic acids is 1. The molecule has 19 heavy (non-hydrogen) atoms. The van der Waals surface area contributed by atoms with Crippen LogP contribution in [0.2, 0.25) is 10.2 Å². The van der Waals surface area contributed by atoms with Gasteiger partial charge in [0.1, 0.15) is 16.4 Å². The molecule has 8 heteroatoms. The Labute approximate surface area is 124 Å². The number of hydrogen-bond acceptors (Lipinski definition) is 3. The number of thioether (sulfide) groups is 1. The largest absolute Gasteiger partial charge is 0.479 e. The molecule has 0 aliphatic carbocycles. The van der Waals surface area contributed by atoms with Gasteiger partial charge in [-0.2, -0.15) is 11.8 Å². The van der Waals surface area contributed by atoms with Crippen molar-refractivity contribution in [1.29, 1.82) is 0 Å². The second kappa shape index (κ2) is 5.26.